The molecule has 0 aliphatic carbocycles. The van der Waals surface area contributed by atoms with E-state index in [4.69, 9.17) is 5.11 Å². The minimum absolute atomic E-state index is 0.447. The van der Waals surface area contributed by atoms with Crippen molar-refractivity contribution in [3.63, 3.8) is 0 Å². The Hall–Kier alpha value is -1.51. The minimum Gasteiger partial charge on any atom is -0.480 e. The van der Waals surface area contributed by atoms with Gasteiger partial charge in [0, 0.05) is 12.1 Å². The summed E-state index contributed by atoms with van der Waals surface area (Å²) in [5.41, 5.74) is 3.35. The fourth-order valence-corrected chi connectivity index (χ4v) is 1.90. The molecule has 0 saturated heterocycles. The van der Waals surface area contributed by atoms with Gasteiger partial charge in [0.15, 0.2) is 0 Å². The molecule has 1 aliphatic heterocycles. The van der Waals surface area contributed by atoms with Crippen LogP contribution in [0.25, 0.3) is 0 Å². The molecule has 14 heavy (non-hydrogen) atoms. The first kappa shape index (κ1) is 9.06. The number of fused-ring (bicyclic) bond motifs is 1. The molecule has 0 aromatic heterocycles. The lowest BCUT2D eigenvalue weighted by molar-refractivity contribution is -0.137. The summed E-state index contributed by atoms with van der Waals surface area (Å²) in [7, 11) is 0. The monoisotopic (exact) mass is 191 g/mol. The second-order valence-electron chi connectivity index (χ2n) is 3.54. The van der Waals surface area contributed by atoms with E-state index in [2.05, 4.69) is 12.2 Å². The van der Waals surface area contributed by atoms with Crippen molar-refractivity contribution in [3.05, 3.63) is 29.3 Å². The van der Waals surface area contributed by atoms with Gasteiger partial charge in [0.05, 0.1) is 0 Å². The van der Waals surface area contributed by atoms with Gasteiger partial charge in [0.1, 0.15) is 6.04 Å². The number of anilines is 1. The fraction of sp³-hybridized carbons (Fsp3) is 0.364. The van der Waals surface area contributed by atoms with E-state index in [1.807, 2.05) is 18.2 Å². The topological polar surface area (TPSA) is 49.3 Å². The molecule has 0 saturated carbocycles. The van der Waals surface area contributed by atoms with Crippen molar-refractivity contribution in [1.82, 2.24) is 0 Å². The summed E-state index contributed by atoms with van der Waals surface area (Å²) in [6.07, 6.45) is 1.53. The lowest BCUT2D eigenvalue weighted by Gasteiger charge is -2.07. The Bertz CT molecular complexity index is 374. The Morgan fingerprint density at radius 3 is 3.07 bits per heavy atom. The molecule has 0 fully saturated rings. The molecular weight excluding hydrogens is 178 g/mol. The van der Waals surface area contributed by atoms with Crippen molar-refractivity contribution in [2.45, 2.75) is 25.8 Å². The van der Waals surface area contributed by atoms with Gasteiger partial charge in [-0.15, -0.1) is 0 Å². The van der Waals surface area contributed by atoms with Crippen LogP contribution in [0.1, 0.15) is 18.1 Å². The van der Waals surface area contributed by atoms with Crippen molar-refractivity contribution in [2.75, 3.05) is 5.32 Å². The molecule has 1 aromatic carbocycles. The summed E-state index contributed by atoms with van der Waals surface area (Å²) in [5, 5.41) is 11.9. The van der Waals surface area contributed by atoms with Crippen LogP contribution < -0.4 is 5.32 Å². The van der Waals surface area contributed by atoms with Gasteiger partial charge >= 0.3 is 5.97 Å². The number of para-hydroxylation sites is 1. The van der Waals surface area contributed by atoms with Crippen LogP contribution in [0.2, 0.25) is 0 Å². The van der Waals surface area contributed by atoms with E-state index >= 15 is 0 Å². The number of nitrogens with one attached hydrogen (secondary N) is 1. The second-order valence-corrected chi connectivity index (χ2v) is 3.54. The number of benzene rings is 1. The Labute approximate surface area is 82.8 Å². The Balaban J connectivity index is 2.34. The van der Waals surface area contributed by atoms with E-state index in [-0.39, 0.29) is 0 Å². The first-order chi connectivity index (χ1) is 6.72. The molecule has 1 aromatic rings. The van der Waals surface area contributed by atoms with Gasteiger partial charge in [0.25, 0.3) is 0 Å². The normalized spacial score (nSPS) is 18.8. The Kier molecular flexibility index (Phi) is 2.15. The van der Waals surface area contributed by atoms with Crippen molar-refractivity contribution >= 4 is 11.7 Å². The average molecular weight is 191 g/mol. The van der Waals surface area contributed by atoms with Crippen LogP contribution in [-0.2, 0) is 17.6 Å². The van der Waals surface area contributed by atoms with Crippen LogP contribution in [0.4, 0.5) is 5.69 Å². The number of hydrogen-bond donors (Lipinski definition) is 2. The third-order valence-electron chi connectivity index (χ3n) is 2.66. The second kappa shape index (κ2) is 3.33. The SMILES string of the molecule is CCc1cccc2c1NC(C(=O)O)C2. The van der Waals surface area contributed by atoms with Crippen LogP contribution in [0, 0.1) is 0 Å². The predicted octanol–water partition coefficient (Wildman–Crippen LogP) is 1.67. The lowest BCUT2D eigenvalue weighted by atomic mass is 10.1. The zero-order valence-electron chi connectivity index (χ0n) is 8.08. The third kappa shape index (κ3) is 1.35. The molecule has 74 valence electrons. The number of carbonyl (C=O) groups is 1. The van der Waals surface area contributed by atoms with Gasteiger partial charge in [-0.25, -0.2) is 4.79 Å². The first-order valence-electron chi connectivity index (χ1n) is 4.82. The summed E-state index contributed by atoms with van der Waals surface area (Å²) < 4.78 is 0. The van der Waals surface area contributed by atoms with Crippen molar-refractivity contribution < 1.29 is 9.90 Å². The van der Waals surface area contributed by atoms with Gasteiger partial charge in [-0.3, -0.25) is 0 Å². The van der Waals surface area contributed by atoms with E-state index in [0.717, 1.165) is 17.7 Å². The number of carboxylic acid groups (broad SMARTS) is 1. The summed E-state index contributed by atoms with van der Waals surface area (Å²) in [5.74, 6) is -0.775. The van der Waals surface area contributed by atoms with E-state index in [1.54, 1.807) is 0 Å². The smallest absolute Gasteiger partial charge is 0.326 e. The maximum absolute atomic E-state index is 10.8. The number of hydrogen-bond acceptors (Lipinski definition) is 2. The molecule has 0 amide bonds. The van der Waals surface area contributed by atoms with E-state index in [1.165, 1.54) is 5.56 Å². The summed E-state index contributed by atoms with van der Waals surface area (Å²) in [6.45, 7) is 2.07. The van der Waals surface area contributed by atoms with Crippen LogP contribution >= 0.6 is 0 Å². The molecule has 0 bridgehead atoms. The summed E-state index contributed by atoms with van der Waals surface area (Å²) in [4.78, 5) is 10.8. The third-order valence-corrected chi connectivity index (χ3v) is 2.66. The van der Waals surface area contributed by atoms with Crippen LogP contribution in [-0.4, -0.2) is 17.1 Å². The standard InChI is InChI=1S/C11H13NO2/c1-2-7-4-3-5-8-6-9(11(13)14)12-10(7)8/h3-5,9,12H,2,6H2,1H3,(H,13,14). The zero-order chi connectivity index (χ0) is 10.1. The molecule has 1 unspecified atom stereocenters. The van der Waals surface area contributed by atoms with E-state index in [0.29, 0.717) is 6.42 Å². The van der Waals surface area contributed by atoms with E-state index < -0.39 is 12.0 Å². The maximum Gasteiger partial charge on any atom is 0.326 e. The molecule has 3 nitrogen and oxygen atoms in total. The highest BCUT2D eigenvalue weighted by molar-refractivity contribution is 5.82. The number of rotatable bonds is 2. The number of aliphatic carboxylic acids is 1. The molecular formula is C11H13NO2. The largest absolute Gasteiger partial charge is 0.480 e. The van der Waals surface area contributed by atoms with Gasteiger partial charge in [-0.05, 0) is 17.5 Å². The highest BCUT2D eigenvalue weighted by Crippen LogP contribution is 2.29. The average Bonchev–Trinajstić information content (AvgIpc) is 2.60. The molecule has 0 spiro atoms. The molecule has 1 atom stereocenters. The van der Waals surface area contributed by atoms with Gasteiger partial charge in [-0.1, -0.05) is 25.1 Å². The van der Waals surface area contributed by atoms with Crippen molar-refractivity contribution in [3.8, 4) is 0 Å². The molecule has 2 N–H and O–H groups in total. The molecule has 0 radical (unpaired) electrons. The number of aryl methyl sites for hydroxylation is 1. The van der Waals surface area contributed by atoms with Gasteiger partial charge < -0.3 is 10.4 Å². The maximum atomic E-state index is 10.8. The van der Waals surface area contributed by atoms with Crippen molar-refractivity contribution in [1.29, 1.82) is 0 Å². The van der Waals surface area contributed by atoms with Crippen LogP contribution in [0.3, 0.4) is 0 Å². The molecule has 1 aliphatic rings. The number of carboxylic acids is 1. The van der Waals surface area contributed by atoms with Crippen molar-refractivity contribution in [2.24, 2.45) is 0 Å². The fourth-order valence-electron chi connectivity index (χ4n) is 1.90. The molecule has 1 heterocycles. The van der Waals surface area contributed by atoms with Crippen LogP contribution in [0.15, 0.2) is 18.2 Å². The highest BCUT2D eigenvalue weighted by Gasteiger charge is 2.27. The highest BCUT2D eigenvalue weighted by atomic mass is 16.4. The Morgan fingerprint density at radius 2 is 2.43 bits per heavy atom. The zero-order valence-corrected chi connectivity index (χ0v) is 8.08. The Morgan fingerprint density at radius 1 is 1.64 bits per heavy atom. The predicted molar refractivity (Wildman–Crippen MR) is 54.6 cm³/mol. The van der Waals surface area contributed by atoms with Gasteiger partial charge in [-0.2, -0.15) is 0 Å². The van der Waals surface area contributed by atoms with E-state index in [9.17, 15) is 4.79 Å². The lowest BCUT2D eigenvalue weighted by Crippen LogP contribution is -2.26. The first-order valence-corrected chi connectivity index (χ1v) is 4.82. The summed E-state index contributed by atoms with van der Waals surface area (Å²) >= 11 is 0. The van der Waals surface area contributed by atoms with Crippen LogP contribution in [0.5, 0.6) is 0 Å². The quantitative estimate of drug-likeness (QED) is 0.747. The molecule has 2 rings (SSSR count). The summed E-state index contributed by atoms with van der Waals surface area (Å²) in [6, 6.07) is 5.57. The molecule has 3 heteroatoms. The minimum atomic E-state index is -0.775. The van der Waals surface area contributed by atoms with Gasteiger partial charge in [0.2, 0.25) is 0 Å².